The molecule has 0 aliphatic carbocycles. The van der Waals surface area contributed by atoms with Crippen LogP contribution in [0.4, 0.5) is 0 Å². The lowest BCUT2D eigenvalue weighted by molar-refractivity contribution is 0.306. The first kappa shape index (κ1) is 21.8. The zero-order valence-corrected chi connectivity index (χ0v) is 18.8. The Labute approximate surface area is 190 Å². The summed E-state index contributed by atoms with van der Waals surface area (Å²) in [6.45, 7) is 6.98. The van der Waals surface area contributed by atoms with Crippen LogP contribution in [-0.2, 0) is 0 Å². The van der Waals surface area contributed by atoms with Crippen molar-refractivity contribution < 1.29 is 9.47 Å². The number of ether oxygens (including phenoxy) is 2. The molecule has 32 heavy (non-hydrogen) atoms. The average Bonchev–Trinajstić information content (AvgIpc) is 3.36. The number of rotatable bonds is 10. The molecule has 2 aromatic carbocycles. The number of unbranched alkanes of at least 4 members (excludes halogenated alkanes) is 2. The highest BCUT2D eigenvalue weighted by Gasteiger charge is 2.12. The van der Waals surface area contributed by atoms with E-state index in [-0.39, 0.29) is 5.56 Å². The van der Waals surface area contributed by atoms with Gasteiger partial charge in [0.1, 0.15) is 18.1 Å². The van der Waals surface area contributed by atoms with Gasteiger partial charge in [0.15, 0.2) is 5.82 Å². The van der Waals surface area contributed by atoms with Gasteiger partial charge in [-0.05, 0) is 54.5 Å². The van der Waals surface area contributed by atoms with Crippen molar-refractivity contribution in [3.8, 4) is 22.9 Å². The second-order valence-corrected chi connectivity index (χ2v) is 8.30. The highest BCUT2D eigenvalue weighted by Crippen LogP contribution is 2.20. The van der Waals surface area contributed by atoms with Gasteiger partial charge in [0.2, 0.25) is 4.96 Å². The van der Waals surface area contributed by atoms with Crippen LogP contribution >= 0.6 is 11.3 Å². The third kappa shape index (κ3) is 5.06. The largest absolute Gasteiger partial charge is 0.494 e. The predicted molar refractivity (Wildman–Crippen MR) is 129 cm³/mol. The quantitative estimate of drug-likeness (QED) is 0.265. The highest BCUT2D eigenvalue weighted by atomic mass is 32.1. The van der Waals surface area contributed by atoms with Gasteiger partial charge in [0.25, 0.3) is 5.56 Å². The second kappa shape index (κ2) is 10.2. The van der Waals surface area contributed by atoms with E-state index in [1.54, 1.807) is 6.08 Å². The molecule has 0 spiro atoms. The molecule has 164 valence electrons. The molecule has 0 fully saturated rings. The van der Waals surface area contributed by atoms with E-state index in [2.05, 4.69) is 23.6 Å². The summed E-state index contributed by atoms with van der Waals surface area (Å²) in [6.07, 6.45) is 6.95. The first-order chi connectivity index (χ1) is 15.7. The third-order valence-electron chi connectivity index (χ3n) is 4.86. The van der Waals surface area contributed by atoms with Crippen LogP contribution in [0.15, 0.2) is 66.0 Å². The van der Waals surface area contributed by atoms with Crippen molar-refractivity contribution in [1.29, 1.82) is 0 Å². The van der Waals surface area contributed by atoms with E-state index >= 15 is 0 Å². The summed E-state index contributed by atoms with van der Waals surface area (Å²) in [5.41, 5.74) is 1.59. The van der Waals surface area contributed by atoms with Gasteiger partial charge in [0, 0.05) is 5.56 Å². The van der Waals surface area contributed by atoms with Crippen LogP contribution in [0.2, 0.25) is 0 Å². The van der Waals surface area contributed by atoms with Crippen LogP contribution in [0.3, 0.4) is 0 Å². The van der Waals surface area contributed by atoms with Crippen molar-refractivity contribution in [3.05, 3.63) is 81.6 Å². The Bertz CT molecular complexity index is 1290. The zero-order valence-electron chi connectivity index (χ0n) is 18.0. The van der Waals surface area contributed by atoms with E-state index in [1.165, 1.54) is 28.7 Å². The fraction of sp³-hybridized carbons (Fsp3) is 0.240. The Kier molecular flexibility index (Phi) is 6.97. The number of hydrogen-bond donors (Lipinski definition) is 0. The molecule has 0 amide bonds. The molecular weight excluding hydrogens is 422 g/mol. The first-order valence-corrected chi connectivity index (χ1v) is 11.5. The van der Waals surface area contributed by atoms with E-state index in [0.717, 1.165) is 35.7 Å². The van der Waals surface area contributed by atoms with Crippen molar-refractivity contribution in [3.63, 3.8) is 0 Å². The molecule has 0 aliphatic rings. The minimum atomic E-state index is -0.172. The van der Waals surface area contributed by atoms with Crippen molar-refractivity contribution in [2.24, 2.45) is 0 Å². The van der Waals surface area contributed by atoms with Crippen LogP contribution in [0.5, 0.6) is 11.5 Å². The van der Waals surface area contributed by atoms with Crippen molar-refractivity contribution in [1.82, 2.24) is 14.6 Å². The van der Waals surface area contributed by atoms with Crippen LogP contribution in [0.25, 0.3) is 22.4 Å². The number of nitrogens with zero attached hydrogens (tertiary/aromatic N) is 3. The minimum absolute atomic E-state index is 0.172. The summed E-state index contributed by atoms with van der Waals surface area (Å²) in [5.74, 6) is 2.10. The number of hydrogen-bond acceptors (Lipinski definition) is 6. The van der Waals surface area contributed by atoms with E-state index in [1.807, 2.05) is 54.6 Å². The summed E-state index contributed by atoms with van der Waals surface area (Å²) in [6, 6.07) is 15.2. The maximum Gasteiger partial charge on any atom is 0.291 e. The van der Waals surface area contributed by atoms with E-state index in [9.17, 15) is 4.79 Å². The van der Waals surface area contributed by atoms with Gasteiger partial charge < -0.3 is 9.47 Å². The Morgan fingerprint density at radius 2 is 1.75 bits per heavy atom. The lowest BCUT2D eigenvalue weighted by Gasteiger charge is -2.05. The smallest absolute Gasteiger partial charge is 0.291 e. The molecule has 0 bridgehead atoms. The molecular formula is C25H25N3O3S. The molecule has 4 aromatic rings. The number of benzene rings is 2. The SMILES string of the molecule is C=CCOc1ccc(-c2nc3sc(=Cc4ccc(OCCCCC)cc4)c(=O)n3n2)cc1. The Balaban J connectivity index is 1.51. The molecule has 0 radical (unpaired) electrons. The maximum absolute atomic E-state index is 12.8. The summed E-state index contributed by atoms with van der Waals surface area (Å²) >= 11 is 1.33. The van der Waals surface area contributed by atoms with E-state index in [0.29, 0.717) is 21.9 Å². The van der Waals surface area contributed by atoms with Gasteiger partial charge in [-0.3, -0.25) is 4.79 Å². The molecule has 6 nitrogen and oxygen atoms in total. The van der Waals surface area contributed by atoms with Crippen LogP contribution in [0, 0.1) is 0 Å². The van der Waals surface area contributed by atoms with Crippen molar-refractivity contribution in [2.75, 3.05) is 13.2 Å². The van der Waals surface area contributed by atoms with Gasteiger partial charge in [-0.2, -0.15) is 9.50 Å². The fourth-order valence-corrected chi connectivity index (χ4v) is 4.07. The first-order valence-electron chi connectivity index (χ1n) is 10.7. The van der Waals surface area contributed by atoms with Gasteiger partial charge in [0.05, 0.1) is 11.1 Å². The fourth-order valence-electron chi connectivity index (χ4n) is 3.17. The molecule has 0 atom stereocenters. The third-order valence-corrected chi connectivity index (χ3v) is 5.82. The highest BCUT2D eigenvalue weighted by molar-refractivity contribution is 7.15. The lowest BCUT2D eigenvalue weighted by Crippen LogP contribution is -2.23. The molecule has 0 saturated carbocycles. The minimum Gasteiger partial charge on any atom is -0.494 e. The van der Waals surface area contributed by atoms with Gasteiger partial charge in [-0.1, -0.05) is 55.9 Å². The van der Waals surface area contributed by atoms with E-state index < -0.39 is 0 Å². The lowest BCUT2D eigenvalue weighted by atomic mass is 10.2. The Hall–Kier alpha value is -3.45. The van der Waals surface area contributed by atoms with E-state index in [4.69, 9.17) is 9.47 Å². The number of aromatic nitrogens is 3. The van der Waals surface area contributed by atoms with Crippen LogP contribution < -0.4 is 19.6 Å². The van der Waals surface area contributed by atoms with Crippen molar-refractivity contribution >= 4 is 22.4 Å². The molecule has 0 aliphatic heterocycles. The topological polar surface area (TPSA) is 65.7 Å². The standard InChI is InChI=1S/C25H25N3O3S/c1-3-5-6-16-31-20-11-7-18(8-12-20)17-22-24(29)28-25(32-22)26-23(27-28)19-9-13-21(14-10-19)30-15-4-2/h4,7-14,17H,2-3,5-6,15-16H2,1H3. The van der Waals surface area contributed by atoms with Gasteiger partial charge >= 0.3 is 0 Å². The molecule has 4 rings (SSSR count). The Morgan fingerprint density at radius 3 is 2.44 bits per heavy atom. The zero-order chi connectivity index (χ0) is 22.3. The maximum atomic E-state index is 12.8. The normalized spacial score (nSPS) is 11.7. The molecule has 7 heteroatoms. The second-order valence-electron chi connectivity index (χ2n) is 7.29. The van der Waals surface area contributed by atoms with Crippen LogP contribution in [-0.4, -0.2) is 27.8 Å². The predicted octanol–water partition coefficient (Wildman–Crippen LogP) is 4.50. The average molecular weight is 448 g/mol. The van der Waals surface area contributed by atoms with Crippen LogP contribution in [0.1, 0.15) is 31.7 Å². The molecule has 0 unspecified atom stereocenters. The van der Waals surface area contributed by atoms with Gasteiger partial charge in [-0.25, -0.2) is 0 Å². The molecule has 2 aromatic heterocycles. The van der Waals surface area contributed by atoms with Crippen molar-refractivity contribution in [2.45, 2.75) is 26.2 Å². The summed E-state index contributed by atoms with van der Waals surface area (Å²) in [7, 11) is 0. The summed E-state index contributed by atoms with van der Waals surface area (Å²) < 4.78 is 13.2. The van der Waals surface area contributed by atoms with Gasteiger partial charge in [-0.15, -0.1) is 5.10 Å². The number of fused-ring (bicyclic) bond motifs is 1. The monoisotopic (exact) mass is 447 g/mol. The summed E-state index contributed by atoms with van der Waals surface area (Å²) in [4.78, 5) is 17.9. The molecule has 0 N–H and O–H groups in total. The summed E-state index contributed by atoms with van der Waals surface area (Å²) in [5, 5.41) is 4.41. The number of thiazole rings is 1. The molecule has 2 heterocycles. The molecule has 0 saturated heterocycles. The Morgan fingerprint density at radius 1 is 1.03 bits per heavy atom.